The molecule has 2 heterocycles. The summed E-state index contributed by atoms with van der Waals surface area (Å²) < 4.78 is 5.54. The number of nitrogens with zero attached hydrogens (tertiary/aromatic N) is 3. The molecule has 6 heteroatoms. The number of carbonyl (C=O) groups is 1. The number of anilines is 1. The van der Waals surface area contributed by atoms with Crippen LogP contribution in [0.1, 0.15) is 42.7 Å². The second kappa shape index (κ2) is 8.76. The summed E-state index contributed by atoms with van der Waals surface area (Å²) in [5, 5.41) is 2.91. The molecule has 1 N–H and O–H groups in total. The lowest BCUT2D eigenvalue weighted by Gasteiger charge is -2.27. The van der Waals surface area contributed by atoms with Gasteiger partial charge in [0.15, 0.2) is 0 Å². The Balaban J connectivity index is 1.70. The average molecular weight is 354 g/mol. The van der Waals surface area contributed by atoms with E-state index in [1.54, 1.807) is 12.3 Å². The molecule has 0 radical (unpaired) electrons. The van der Waals surface area contributed by atoms with Gasteiger partial charge >= 0.3 is 0 Å². The molecular formula is C20H26N4O2. The Morgan fingerprint density at radius 1 is 1.31 bits per heavy atom. The molecule has 3 rings (SSSR count). The minimum Gasteiger partial charge on any atom is -0.376 e. The Morgan fingerprint density at radius 2 is 2.12 bits per heavy atom. The molecule has 1 unspecified atom stereocenters. The van der Waals surface area contributed by atoms with Gasteiger partial charge in [-0.25, -0.2) is 9.97 Å². The maximum Gasteiger partial charge on any atom is 0.270 e. The Labute approximate surface area is 154 Å². The maximum absolute atomic E-state index is 12.4. The highest BCUT2D eigenvalue weighted by molar-refractivity contribution is 5.92. The maximum atomic E-state index is 12.4. The van der Waals surface area contributed by atoms with Crippen molar-refractivity contribution >= 4 is 11.9 Å². The van der Waals surface area contributed by atoms with E-state index < -0.39 is 0 Å². The minimum atomic E-state index is -0.187. The Hall–Kier alpha value is -2.47. The first-order chi connectivity index (χ1) is 12.6. The van der Waals surface area contributed by atoms with Crippen molar-refractivity contribution in [3.8, 4) is 0 Å². The molecule has 1 aliphatic heterocycles. The van der Waals surface area contributed by atoms with Crippen molar-refractivity contribution < 1.29 is 9.53 Å². The molecule has 1 aliphatic rings. The number of rotatable bonds is 7. The van der Waals surface area contributed by atoms with Gasteiger partial charge in [-0.3, -0.25) is 4.79 Å². The highest BCUT2D eigenvalue weighted by Gasteiger charge is 2.19. The Bertz CT molecular complexity index is 715. The second-order valence-corrected chi connectivity index (χ2v) is 6.79. The number of ether oxygens (including phenoxy) is 1. The molecule has 26 heavy (non-hydrogen) atoms. The van der Waals surface area contributed by atoms with Gasteiger partial charge in [0.2, 0.25) is 5.95 Å². The summed E-state index contributed by atoms with van der Waals surface area (Å²) >= 11 is 0. The van der Waals surface area contributed by atoms with Gasteiger partial charge in [-0.15, -0.1) is 0 Å². The minimum absolute atomic E-state index is 0.116. The van der Waals surface area contributed by atoms with Crippen LogP contribution in [0.3, 0.4) is 0 Å². The molecule has 1 aromatic heterocycles. The molecule has 1 aromatic carbocycles. The zero-order valence-electron chi connectivity index (χ0n) is 15.4. The van der Waals surface area contributed by atoms with Crippen LogP contribution in [0.15, 0.2) is 42.6 Å². The zero-order valence-corrected chi connectivity index (χ0v) is 15.4. The van der Waals surface area contributed by atoms with Crippen LogP contribution in [-0.2, 0) is 11.3 Å². The highest BCUT2D eigenvalue weighted by Crippen LogP contribution is 2.16. The van der Waals surface area contributed by atoms with Gasteiger partial charge in [0.05, 0.1) is 6.10 Å². The van der Waals surface area contributed by atoms with E-state index >= 15 is 0 Å². The molecular weight excluding hydrogens is 328 g/mol. The van der Waals surface area contributed by atoms with Crippen LogP contribution in [0.5, 0.6) is 0 Å². The zero-order chi connectivity index (χ0) is 18.4. The normalized spacial score (nSPS) is 16.7. The lowest BCUT2D eigenvalue weighted by Crippen LogP contribution is -2.34. The van der Waals surface area contributed by atoms with Crippen molar-refractivity contribution in [2.24, 2.45) is 0 Å². The van der Waals surface area contributed by atoms with E-state index in [9.17, 15) is 4.79 Å². The first-order valence-electron chi connectivity index (χ1n) is 9.17. The average Bonchev–Trinajstić information content (AvgIpc) is 3.18. The number of carbonyl (C=O) groups excluding carboxylic acids is 1. The van der Waals surface area contributed by atoms with Crippen molar-refractivity contribution in [3.05, 3.63) is 53.9 Å². The van der Waals surface area contributed by atoms with Crippen LogP contribution in [0, 0.1) is 0 Å². The molecule has 1 saturated heterocycles. The summed E-state index contributed by atoms with van der Waals surface area (Å²) in [4.78, 5) is 23.4. The summed E-state index contributed by atoms with van der Waals surface area (Å²) in [6.45, 7) is 6.18. The first kappa shape index (κ1) is 18.3. The molecule has 1 fully saturated rings. The van der Waals surface area contributed by atoms with E-state index in [1.165, 1.54) is 5.56 Å². The fraction of sp³-hybridized carbons (Fsp3) is 0.450. The van der Waals surface area contributed by atoms with Gasteiger partial charge in [0.1, 0.15) is 5.69 Å². The molecule has 0 bridgehead atoms. The summed E-state index contributed by atoms with van der Waals surface area (Å²) in [6, 6.07) is 12.0. The van der Waals surface area contributed by atoms with E-state index in [1.807, 2.05) is 18.2 Å². The fourth-order valence-corrected chi connectivity index (χ4v) is 2.98. The summed E-state index contributed by atoms with van der Waals surface area (Å²) in [7, 11) is 0. The quantitative estimate of drug-likeness (QED) is 0.828. The monoisotopic (exact) mass is 354 g/mol. The van der Waals surface area contributed by atoms with Crippen molar-refractivity contribution in [2.45, 2.75) is 45.4 Å². The number of hydrogen-bond donors (Lipinski definition) is 1. The molecule has 0 aliphatic carbocycles. The molecule has 138 valence electrons. The van der Waals surface area contributed by atoms with E-state index in [0.717, 1.165) is 19.4 Å². The van der Waals surface area contributed by atoms with E-state index in [4.69, 9.17) is 4.74 Å². The van der Waals surface area contributed by atoms with Crippen LogP contribution in [0.4, 0.5) is 5.95 Å². The fourth-order valence-electron chi connectivity index (χ4n) is 2.98. The SMILES string of the molecule is CC(C)N(Cc1ccccc1)c1nccc(C(=O)NCC2CCCO2)n1. The number of benzene rings is 1. The highest BCUT2D eigenvalue weighted by atomic mass is 16.5. The molecule has 2 aromatic rings. The summed E-state index contributed by atoms with van der Waals surface area (Å²) in [5.41, 5.74) is 1.56. The number of hydrogen-bond acceptors (Lipinski definition) is 5. The Kier molecular flexibility index (Phi) is 6.17. The number of nitrogens with one attached hydrogen (secondary N) is 1. The molecule has 1 amide bonds. The van der Waals surface area contributed by atoms with Crippen LogP contribution in [-0.4, -0.2) is 41.2 Å². The predicted octanol–water partition coefficient (Wildman–Crippen LogP) is 2.80. The number of aromatic nitrogens is 2. The topological polar surface area (TPSA) is 67.4 Å². The largest absolute Gasteiger partial charge is 0.376 e. The van der Waals surface area contributed by atoms with Gasteiger partial charge in [-0.2, -0.15) is 0 Å². The van der Waals surface area contributed by atoms with Crippen molar-refractivity contribution in [1.29, 1.82) is 0 Å². The van der Waals surface area contributed by atoms with Gasteiger partial charge in [0, 0.05) is 31.9 Å². The van der Waals surface area contributed by atoms with Gasteiger partial charge in [-0.1, -0.05) is 30.3 Å². The van der Waals surface area contributed by atoms with Crippen LogP contribution >= 0.6 is 0 Å². The van der Waals surface area contributed by atoms with Crippen molar-refractivity contribution in [3.63, 3.8) is 0 Å². The standard InChI is InChI=1S/C20H26N4O2/c1-15(2)24(14-16-7-4-3-5-8-16)20-21-11-10-18(23-20)19(25)22-13-17-9-6-12-26-17/h3-5,7-8,10-11,15,17H,6,9,12-14H2,1-2H3,(H,22,25). The van der Waals surface area contributed by atoms with E-state index in [0.29, 0.717) is 24.7 Å². The second-order valence-electron chi connectivity index (χ2n) is 6.79. The molecule has 0 saturated carbocycles. The van der Waals surface area contributed by atoms with E-state index in [2.05, 4.69) is 46.2 Å². The lowest BCUT2D eigenvalue weighted by atomic mass is 10.2. The summed E-state index contributed by atoms with van der Waals surface area (Å²) in [6.07, 6.45) is 3.81. The third-order valence-electron chi connectivity index (χ3n) is 4.47. The molecule has 0 spiro atoms. The van der Waals surface area contributed by atoms with E-state index in [-0.39, 0.29) is 18.1 Å². The summed E-state index contributed by atoms with van der Waals surface area (Å²) in [5.74, 6) is 0.376. The van der Waals surface area contributed by atoms with Gasteiger partial charge in [0.25, 0.3) is 5.91 Å². The van der Waals surface area contributed by atoms with Crippen LogP contribution in [0.25, 0.3) is 0 Å². The van der Waals surface area contributed by atoms with Crippen molar-refractivity contribution in [2.75, 3.05) is 18.1 Å². The van der Waals surface area contributed by atoms with Crippen LogP contribution in [0.2, 0.25) is 0 Å². The Morgan fingerprint density at radius 3 is 2.81 bits per heavy atom. The third-order valence-corrected chi connectivity index (χ3v) is 4.47. The number of amides is 1. The van der Waals surface area contributed by atoms with Crippen molar-refractivity contribution in [1.82, 2.24) is 15.3 Å². The lowest BCUT2D eigenvalue weighted by molar-refractivity contribution is 0.0853. The van der Waals surface area contributed by atoms with Gasteiger partial charge < -0.3 is 15.0 Å². The van der Waals surface area contributed by atoms with Gasteiger partial charge in [-0.05, 0) is 38.3 Å². The smallest absolute Gasteiger partial charge is 0.270 e. The molecule has 1 atom stereocenters. The first-order valence-corrected chi connectivity index (χ1v) is 9.17. The van der Waals surface area contributed by atoms with Crippen LogP contribution < -0.4 is 10.2 Å². The third kappa shape index (κ3) is 4.79. The predicted molar refractivity (Wildman–Crippen MR) is 101 cm³/mol. The molecule has 6 nitrogen and oxygen atoms in total.